The van der Waals surface area contributed by atoms with Gasteiger partial charge in [-0.15, -0.1) is 0 Å². The molecule has 0 bridgehead atoms. The Morgan fingerprint density at radius 3 is 2.33 bits per heavy atom. The Morgan fingerprint density at radius 1 is 1.13 bits per heavy atom. The Hall–Kier alpha value is -1.69. The number of hydrogen-bond acceptors (Lipinski definition) is 3. The molecule has 0 atom stereocenters. The van der Waals surface area contributed by atoms with Crippen molar-refractivity contribution in [2.24, 2.45) is 0 Å². The normalized spacial score (nSPS) is 11.5. The highest BCUT2D eigenvalue weighted by Gasteiger charge is 2.15. The molecule has 0 saturated carbocycles. The first-order valence-corrected chi connectivity index (χ1v) is 5.51. The first-order valence-electron chi connectivity index (χ1n) is 4.13. The monoisotopic (exact) mass is 226 g/mol. The molecular weight excluding hydrogens is 219 g/mol. The molecule has 0 spiro atoms. The van der Waals surface area contributed by atoms with Gasteiger partial charge in [-0.1, -0.05) is 22.1 Å². The number of rotatable bonds is 2. The molecule has 0 unspecified atom stereocenters. The zero-order valence-corrected chi connectivity index (χ0v) is 8.36. The molecule has 0 aliphatic heterocycles. The second kappa shape index (κ2) is 3.47. The molecule has 2 aromatic rings. The van der Waals surface area contributed by atoms with Crippen molar-refractivity contribution in [1.29, 1.82) is 0 Å². The first kappa shape index (κ1) is 9.85. The van der Waals surface area contributed by atoms with Gasteiger partial charge in [-0.25, -0.2) is 4.68 Å². The summed E-state index contributed by atoms with van der Waals surface area (Å²) in [6.07, 6.45) is 1.39. The molecule has 15 heavy (non-hydrogen) atoms. The van der Waals surface area contributed by atoms with Gasteiger partial charge < -0.3 is 0 Å². The highest BCUT2D eigenvalue weighted by Crippen LogP contribution is 2.12. The topological polar surface area (TPSA) is 52.0 Å². The number of hydrogen-bond donors (Lipinski definition) is 0. The summed E-state index contributed by atoms with van der Waals surface area (Å²) in [6, 6.07) is 9.96. The van der Waals surface area contributed by atoms with Crippen LogP contribution in [-0.4, -0.2) is 18.2 Å². The molecule has 0 amide bonds. The molecule has 78 valence electrons. The van der Waals surface area contributed by atoms with Gasteiger partial charge in [-0.3, -0.25) is 0 Å². The highest BCUT2D eigenvalue weighted by molar-refractivity contribution is 7.86. The van der Waals surface area contributed by atoms with Crippen molar-refractivity contribution in [2.45, 2.75) is 5.03 Å². The molecule has 1 aromatic heterocycles. The SMILES string of the molecule is O=S(=O)(F)c1ccn(-c2ccccc2)n1. The average Bonchev–Trinajstić information content (AvgIpc) is 2.67. The summed E-state index contributed by atoms with van der Waals surface area (Å²) in [4.78, 5) is 0. The lowest BCUT2D eigenvalue weighted by molar-refractivity contribution is 0.546. The fourth-order valence-corrected chi connectivity index (χ4v) is 1.57. The van der Waals surface area contributed by atoms with Crippen molar-refractivity contribution < 1.29 is 12.3 Å². The minimum absolute atomic E-state index is 0.577. The summed E-state index contributed by atoms with van der Waals surface area (Å²) in [5, 5.41) is 3.03. The fraction of sp³-hybridized carbons (Fsp3) is 0. The molecule has 0 aliphatic rings. The average molecular weight is 226 g/mol. The molecule has 0 aliphatic carbocycles. The van der Waals surface area contributed by atoms with Crippen LogP contribution in [0.25, 0.3) is 5.69 Å². The molecule has 2 rings (SSSR count). The Balaban J connectivity index is 2.46. The number of nitrogens with zero attached hydrogens (tertiary/aromatic N) is 2. The van der Waals surface area contributed by atoms with E-state index >= 15 is 0 Å². The van der Waals surface area contributed by atoms with Crippen LogP contribution in [0.3, 0.4) is 0 Å². The van der Waals surface area contributed by atoms with Gasteiger partial charge in [0, 0.05) is 6.20 Å². The predicted molar refractivity (Wildman–Crippen MR) is 51.9 cm³/mol. The van der Waals surface area contributed by atoms with Gasteiger partial charge in [0.1, 0.15) is 0 Å². The maximum Gasteiger partial charge on any atom is 0.351 e. The molecule has 4 nitrogen and oxygen atoms in total. The standard InChI is InChI=1S/C9H7FN2O2S/c10-15(13,14)9-6-7-12(11-9)8-4-2-1-3-5-8/h1-7H. The second-order valence-electron chi connectivity index (χ2n) is 2.87. The van der Waals surface area contributed by atoms with E-state index in [1.165, 1.54) is 10.9 Å². The zero-order valence-electron chi connectivity index (χ0n) is 7.54. The van der Waals surface area contributed by atoms with Crippen molar-refractivity contribution in [3.05, 3.63) is 42.6 Å². The minimum atomic E-state index is -4.72. The summed E-state index contributed by atoms with van der Waals surface area (Å²) in [5.74, 6) is 0. The maximum atomic E-state index is 12.5. The van der Waals surface area contributed by atoms with Crippen LogP contribution >= 0.6 is 0 Å². The van der Waals surface area contributed by atoms with Crippen LogP contribution in [0.5, 0.6) is 0 Å². The molecule has 0 fully saturated rings. The summed E-state index contributed by atoms with van der Waals surface area (Å²) >= 11 is 0. The smallest absolute Gasteiger partial charge is 0.240 e. The number of halogens is 1. The van der Waals surface area contributed by atoms with Crippen molar-refractivity contribution >= 4 is 10.2 Å². The van der Waals surface area contributed by atoms with Crippen LogP contribution in [0.4, 0.5) is 3.89 Å². The molecule has 0 radical (unpaired) electrons. The number of benzene rings is 1. The van der Waals surface area contributed by atoms with Gasteiger partial charge in [0.2, 0.25) is 5.03 Å². The molecule has 1 heterocycles. The first-order chi connectivity index (χ1) is 7.07. The van der Waals surface area contributed by atoms with Crippen LogP contribution < -0.4 is 0 Å². The van der Waals surface area contributed by atoms with E-state index in [9.17, 15) is 12.3 Å². The zero-order chi connectivity index (χ0) is 10.9. The Kier molecular flexibility index (Phi) is 2.28. The van der Waals surface area contributed by atoms with E-state index in [-0.39, 0.29) is 0 Å². The van der Waals surface area contributed by atoms with E-state index in [4.69, 9.17) is 0 Å². The van der Waals surface area contributed by atoms with Crippen LogP contribution in [0.2, 0.25) is 0 Å². The second-order valence-corrected chi connectivity index (χ2v) is 4.17. The largest absolute Gasteiger partial charge is 0.351 e. The fourth-order valence-electron chi connectivity index (χ4n) is 1.16. The molecular formula is C9H7FN2O2S. The van der Waals surface area contributed by atoms with Gasteiger partial charge >= 0.3 is 10.2 Å². The minimum Gasteiger partial charge on any atom is -0.240 e. The van der Waals surface area contributed by atoms with Gasteiger partial charge in [0.05, 0.1) is 5.69 Å². The van der Waals surface area contributed by atoms with Crippen LogP contribution in [-0.2, 0) is 10.2 Å². The van der Waals surface area contributed by atoms with Gasteiger partial charge in [0.15, 0.2) is 0 Å². The van der Waals surface area contributed by atoms with E-state index in [0.29, 0.717) is 5.69 Å². The van der Waals surface area contributed by atoms with E-state index < -0.39 is 15.2 Å². The Labute approximate surface area is 86.2 Å². The van der Waals surface area contributed by atoms with E-state index in [1.807, 2.05) is 6.07 Å². The van der Waals surface area contributed by atoms with Gasteiger partial charge in [-0.05, 0) is 18.2 Å². The van der Waals surface area contributed by atoms with Crippen LogP contribution in [0, 0.1) is 0 Å². The molecule has 6 heteroatoms. The molecule has 0 N–H and O–H groups in total. The predicted octanol–water partition coefficient (Wildman–Crippen LogP) is 1.53. The summed E-state index contributed by atoms with van der Waals surface area (Å²) < 4.78 is 34.9. The van der Waals surface area contributed by atoms with Crippen molar-refractivity contribution in [3.8, 4) is 5.69 Å². The van der Waals surface area contributed by atoms with Crippen molar-refractivity contribution in [1.82, 2.24) is 9.78 Å². The van der Waals surface area contributed by atoms with Gasteiger partial charge in [-0.2, -0.15) is 13.5 Å². The Morgan fingerprint density at radius 2 is 1.80 bits per heavy atom. The number of para-hydroxylation sites is 1. The van der Waals surface area contributed by atoms with E-state index in [1.54, 1.807) is 24.3 Å². The third-order valence-corrected chi connectivity index (χ3v) is 2.55. The van der Waals surface area contributed by atoms with Crippen LogP contribution in [0.15, 0.2) is 47.6 Å². The maximum absolute atomic E-state index is 12.5. The highest BCUT2D eigenvalue weighted by atomic mass is 32.3. The lowest BCUT2D eigenvalue weighted by atomic mass is 10.3. The molecule has 0 saturated heterocycles. The summed E-state index contributed by atoms with van der Waals surface area (Å²) in [6.45, 7) is 0. The lowest BCUT2D eigenvalue weighted by Crippen LogP contribution is -1.98. The number of aromatic nitrogens is 2. The third-order valence-electron chi connectivity index (χ3n) is 1.84. The van der Waals surface area contributed by atoms with Crippen LogP contribution in [0.1, 0.15) is 0 Å². The summed E-state index contributed by atoms with van der Waals surface area (Å²) in [7, 11) is -4.72. The lowest BCUT2D eigenvalue weighted by Gasteiger charge is -1.98. The van der Waals surface area contributed by atoms with E-state index in [0.717, 1.165) is 6.07 Å². The Bertz CT molecular complexity index is 563. The summed E-state index contributed by atoms with van der Waals surface area (Å²) in [5.41, 5.74) is 0.674. The van der Waals surface area contributed by atoms with Crippen molar-refractivity contribution in [3.63, 3.8) is 0 Å². The van der Waals surface area contributed by atoms with Gasteiger partial charge in [0.25, 0.3) is 0 Å². The molecule has 1 aromatic carbocycles. The van der Waals surface area contributed by atoms with E-state index in [2.05, 4.69) is 5.10 Å². The quantitative estimate of drug-likeness (QED) is 0.730. The van der Waals surface area contributed by atoms with Crippen molar-refractivity contribution in [2.75, 3.05) is 0 Å². The third kappa shape index (κ3) is 2.04.